The van der Waals surface area contributed by atoms with E-state index in [1.54, 1.807) is 25.3 Å². The van der Waals surface area contributed by atoms with Crippen molar-refractivity contribution in [3.05, 3.63) is 88.1 Å². The average Bonchev–Trinajstić information content (AvgIpc) is 3.25. The lowest BCUT2D eigenvalue weighted by Gasteiger charge is -2.36. The molecule has 4 rings (SSSR count). The van der Waals surface area contributed by atoms with Crippen molar-refractivity contribution in [1.82, 2.24) is 15.2 Å². The summed E-state index contributed by atoms with van der Waals surface area (Å²) in [6, 6.07) is 10.8. The van der Waals surface area contributed by atoms with Gasteiger partial charge in [-0.2, -0.15) is 0 Å². The summed E-state index contributed by atoms with van der Waals surface area (Å²) in [7, 11) is 1.52. The number of pyridine rings is 1. The van der Waals surface area contributed by atoms with Crippen molar-refractivity contribution in [2.24, 2.45) is 4.99 Å². The summed E-state index contributed by atoms with van der Waals surface area (Å²) < 4.78 is 24.1. The molecule has 8 nitrogen and oxygen atoms in total. The quantitative estimate of drug-likeness (QED) is 0.418. The largest absolute Gasteiger partial charge is 0.460 e. The molecule has 1 N–H and O–H groups in total. The zero-order valence-electron chi connectivity index (χ0n) is 19.4. The Morgan fingerprint density at radius 2 is 1.97 bits per heavy atom. The van der Waals surface area contributed by atoms with Crippen LogP contribution in [0.1, 0.15) is 30.6 Å². The summed E-state index contributed by atoms with van der Waals surface area (Å²) in [5.41, 5.74) is 2.95. The zero-order chi connectivity index (χ0) is 24.8. The molecule has 0 radical (unpaired) electrons. The normalized spacial score (nSPS) is 17.0. The molecule has 0 aliphatic carbocycles. The average molecular weight is 497 g/mol. The smallest absolute Gasteiger partial charge is 0.338 e. The van der Waals surface area contributed by atoms with Crippen LogP contribution in [0.3, 0.4) is 0 Å². The maximum Gasteiger partial charge on any atom is 0.338 e. The number of methoxy groups -OCH3 is 1. The number of hydrogen-bond acceptors (Lipinski definition) is 8. The molecule has 0 fully saturated rings. The number of aliphatic imine (C=N–C) groups is 1. The Morgan fingerprint density at radius 3 is 2.69 bits per heavy atom. The Labute approximate surface area is 206 Å². The predicted octanol–water partition coefficient (Wildman–Crippen LogP) is 3.69. The fraction of sp³-hybridized carbons (Fsp3) is 0.280. The van der Waals surface area contributed by atoms with E-state index in [1.165, 1.54) is 31.0 Å². The molecule has 1 amide bonds. The van der Waals surface area contributed by atoms with Crippen molar-refractivity contribution < 1.29 is 23.5 Å². The third kappa shape index (κ3) is 5.77. The third-order valence-corrected chi connectivity index (χ3v) is 6.35. The number of carbonyl (C=O) groups excluding carboxylic acids is 2. The molecule has 2 aliphatic rings. The lowest BCUT2D eigenvalue weighted by atomic mass is 9.94. The molecule has 0 spiro atoms. The number of ether oxygens (including phenoxy) is 2. The second-order valence-corrected chi connectivity index (χ2v) is 8.68. The van der Waals surface area contributed by atoms with Gasteiger partial charge in [-0.1, -0.05) is 30.0 Å². The number of hydrogen-bond donors (Lipinski definition) is 1. The molecule has 1 atom stereocenters. The van der Waals surface area contributed by atoms with Crippen LogP contribution in [0.4, 0.5) is 4.39 Å². The van der Waals surface area contributed by atoms with Crippen molar-refractivity contribution in [1.29, 1.82) is 0 Å². The molecular weight excluding hydrogens is 471 g/mol. The first-order valence-electron chi connectivity index (χ1n) is 11.0. The second kappa shape index (κ2) is 11.3. The number of halogens is 1. The van der Waals surface area contributed by atoms with Gasteiger partial charge in [-0.3, -0.25) is 9.78 Å². The molecule has 1 aromatic carbocycles. The lowest BCUT2D eigenvalue weighted by Crippen LogP contribution is -2.38. The van der Waals surface area contributed by atoms with Crippen LogP contribution >= 0.6 is 11.8 Å². The van der Waals surface area contributed by atoms with Crippen LogP contribution in [0, 0.1) is 5.82 Å². The minimum atomic E-state index is -0.622. The van der Waals surface area contributed by atoms with Gasteiger partial charge in [0.15, 0.2) is 5.17 Å². The minimum Gasteiger partial charge on any atom is -0.460 e. The topological polar surface area (TPSA) is 93.1 Å². The Morgan fingerprint density at radius 1 is 1.17 bits per heavy atom. The van der Waals surface area contributed by atoms with Gasteiger partial charge in [0.1, 0.15) is 12.4 Å². The van der Waals surface area contributed by atoms with E-state index in [1.807, 2.05) is 28.5 Å². The van der Waals surface area contributed by atoms with E-state index < -0.39 is 12.0 Å². The molecule has 1 unspecified atom stereocenters. The highest BCUT2D eigenvalue weighted by Crippen LogP contribution is 2.44. The number of esters is 1. The van der Waals surface area contributed by atoms with Gasteiger partial charge >= 0.3 is 5.97 Å². The van der Waals surface area contributed by atoms with Gasteiger partial charge < -0.3 is 19.7 Å². The van der Waals surface area contributed by atoms with Crippen LogP contribution in [0.5, 0.6) is 0 Å². The lowest BCUT2D eigenvalue weighted by molar-refractivity contribution is -0.141. The summed E-state index contributed by atoms with van der Waals surface area (Å²) in [4.78, 5) is 36.5. The summed E-state index contributed by atoms with van der Waals surface area (Å²) in [5.74, 6) is -1.12. The number of carbonyl (C=O) groups is 2. The van der Waals surface area contributed by atoms with E-state index in [0.717, 1.165) is 5.69 Å². The van der Waals surface area contributed by atoms with Crippen LogP contribution in [0.25, 0.3) is 0 Å². The number of aromatic nitrogens is 1. The first kappa shape index (κ1) is 24.6. The number of fused-ring (bicyclic) bond motifs is 1. The van der Waals surface area contributed by atoms with Gasteiger partial charge in [-0.05, 0) is 42.2 Å². The number of allylic oxidation sites excluding steroid dienone is 1. The van der Waals surface area contributed by atoms with Gasteiger partial charge in [0, 0.05) is 19.0 Å². The maximum atomic E-state index is 13.7. The molecule has 1 aromatic heterocycles. The molecular formula is C25H25FN4O4S. The number of nitrogens with zero attached hydrogens (tertiary/aromatic N) is 3. The van der Waals surface area contributed by atoms with Gasteiger partial charge in [0.2, 0.25) is 5.91 Å². The molecule has 2 aromatic rings. The molecule has 3 heterocycles. The van der Waals surface area contributed by atoms with Gasteiger partial charge in [0.25, 0.3) is 0 Å². The molecule has 2 aliphatic heterocycles. The standard InChI is InChI=1S/C25H25FN4O4S/c1-16-22(24(32)34-12-11-33-2)23(17-6-8-18(26)9-7-17)30-20(15-35-25(30)29-16)13-21(31)28-14-19-5-3-4-10-27-19/h3-10,15,23H,11-14H2,1-2H3,(H,28,31). The maximum absolute atomic E-state index is 13.7. The van der Waals surface area contributed by atoms with Gasteiger partial charge in [-0.25, -0.2) is 14.2 Å². The molecule has 0 saturated carbocycles. The van der Waals surface area contributed by atoms with E-state index in [9.17, 15) is 14.0 Å². The molecule has 0 bridgehead atoms. The van der Waals surface area contributed by atoms with Crippen LogP contribution < -0.4 is 5.32 Å². The number of benzene rings is 1. The number of thioether (sulfide) groups is 1. The monoisotopic (exact) mass is 496 g/mol. The van der Waals surface area contributed by atoms with Crippen LogP contribution in [0.15, 0.2) is 76.0 Å². The van der Waals surface area contributed by atoms with E-state index >= 15 is 0 Å². The number of amides is 1. The highest BCUT2D eigenvalue weighted by Gasteiger charge is 2.41. The van der Waals surface area contributed by atoms with Crippen molar-refractivity contribution in [3.8, 4) is 0 Å². The van der Waals surface area contributed by atoms with Crippen molar-refractivity contribution in [3.63, 3.8) is 0 Å². The van der Waals surface area contributed by atoms with Gasteiger partial charge in [-0.15, -0.1) is 0 Å². The SMILES string of the molecule is COCCOC(=O)C1=C(C)N=C2SC=C(CC(=O)NCc3ccccn3)N2C1c1ccc(F)cc1. The molecule has 182 valence electrons. The highest BCUT2D eigenvalue weighted by molar-refractivity contribution is 8.16. The Balaban J connectivity index is 1.59. The number of amidine groups is 1. The second-order valence-electron chi connectivity index (χ2n) is 7.85. The Hall–Kier alpha value is -3.50. The van der Waals surface area contributed by atoms with Crippen molar-refractivity contribution >= 4 is 28.8 Å². The fourth-order valence-corrected chi connectivity index (χ4v) is 4.77. The summed E-state index contributed by atoms with van der Waals surface area (Å²) in [6.07, 6.45) is 1.74. The zero-order valence-corrected chi connectivity index (χ0v) is 20.2. The van der Waals surface area contributed by atoms with Crippen LogP contribution in [-0.4, -0.2) is 47.3 Å². The fourth-order valence-electron chi connectivity index (χ4n) is 3.81. The Bertz CT molecular complexity index is 1180. The number of rotatable bonds is 9. The number of nitrogens with one attached hydrogen (secondary N) is 1. The van der Waals surface area contributed by atoms with E-state index in [4.69, 9.17) is 9.47 Å². The van der Waals surface area contributed by atoms with Crippen molar-refractivity contribution in [2.75, 3.05) is 20.3 Å². The minimum absolute atomic E-state index is 0.0710. The van der Waals surface area contributed by atoms with Crippen LogP contribution in [-0.2, 0) is 25.6 Å². The molecule has 35 heavy (non-hydrogen) atoms. The Kier molecular flexibility index (Phi) is 7.94. The summed E-state index contributed by atoms with van der Waals surface area (Å²) >= 11 is 1.37. The first-order valence-corrected chi connectivity index (χ1v) is 11.9. The van der Waals surface area contributed by atoms with E-state index in [2.05, 4.69) is 15.3 Å². The summed E-state index contributed by atoms with van der Waals surface area (Å²) in [6.45, 7) is 2.39. The van der Waals surface area contributed by atoms with Crippen LogP contribution in [0.2, 0.25) is 0 Å². The van der Waals surface area contributed by atoms with Gasteiger partial charge in [0.05, 0.1) is 42.6 Å². The first-order chi connectivity index (χ1) is 17.0. The van der Waals surface area contributed by atoms with E-state index in [-0.39, 0.29) is 31.4 Å². The highest BCUT2D eigenvalue weighted by atomic mass is 32.2. The molecule has 10 heteroatoms. The predicted molar refractivity (Wildman–Crippen MR) is 130 cm³/mol. The van der Waals surface area contributed by atoms with E-state index in [0.29, 0.717) is 34.2 Å². The summed E-state index contributed by atoms with van der Waals surface area (Å²) in [5, 5.41) is 5.36. The third-order valence-electron chi connectivity index (χ3n) is 5.46. The van der Waals surface area contributed by atoms with Crippen molar-refractivity contribution in [2.45, 2.75) is 25.9 Å². The molecule has 0 saturated heterocycles.